The molecule has 0 spiro atoms. The third-order valence-electron chi connectivity index (χ3n) is 2.82. The lowest BCUT2D eigenvalue weighted by molar-refractivity contribution is 1.14. The van der Waals surface area contributed by atoms with Crippen LogP contribution in [-0.2, 0) is 6.54 Å². The summed E-state index contributed by atoms with van der Waals surface area (Å²) in [5.74, 6) is 0. The van der Waals surface area contributed by atoms with Crippen molar-refractivity contribution in [1.29, 1.82) is 5.26 Å². The van der Waals surface area contributed by atoms with Gasteiger partial charge in [0.15, 0.2) is 0 Å². The minimum atomic E-state index is 0.566. The number of rotatable bonds is 3. The zero-order valence-corrected chi connectivity index (χ0v) is 14.6. The molecule has 0 unspecified atom stereocenters. The fourth-order valence-electron chi connectivity index (χ4n) is 1.81. The number of anilines is 1. The van der Waals surface area contributed by atoms with Crippen molar-refractivity contribution in [3.63, 3.8) is 0 Å². The molecule has 20 heavy (non-hydrogen) atoms. The highest BCUT2D eigenvalue weighted by Gasteiger charge is 2.07. The van der Waals surface area contributed by atoms with E-state index < -0.39 is 0 Å². The maximum absolute atomic E-state index is 8.82. The molecule has 0 fully saturated rings. The summed E-state index contributed by atoms with van der Waals surface area (Å²) in [4.78, 5) is 0. The van der Waals surface area contributed by atoms with Gasteiger partial charge in [-0.05, 0) is 74.2 Å². The molecule has 0 amide bonds. The monoisotopic (exact) mass is 412 g/mol. The van der Waals surface area contributed by atoms with E-state index in [1.807, 2.05) is 25.1 Å². The Balaban J connectivity index is 2.20. The van der Waals surface area contributed by atoms with E-state index in [2.05, 4.69) is 43.2 Å². The van der Waals surface area contributed by atoms with E-state index in [-0.39, 0.29) is 0 Å². The molecule has 2 rings (SSSR count). The predicted octanol–water partition coefficient (Wildman–Crippen LogP) is 5.66. The van der Waals surface area contributed by atoms with Crippen LogP contribution in [0.3, 0.4) is 0 Å². The lowest BCUT2D eigenvalue weighted by Gasteiger charge is -2.13. The Bertz CT molecular complexity index is 670. The highest BCUT2D eigenvalue weighted by atomic mass is 79.9. The Morgan fingerprint density at radius 2 is 1.85 bits per heavy atom. The molecule has 0 aromatic heterocycles. The van der Waals surface area contributed by atoms with Crippen LogP contribution in [-0.4, -0.2) is 0 Å². The minimum absolute atomic E-state index is 0.566. The summed E-state index contributed by atoms with van der Waals surface area (Å²) in [5, 5.41) is 12.8. The first-order valence-electron chi connectivity index (χ1n) is 5.89. The van der Waals surface area contributed by atoms with Gasteiger partial charge in [-0.25, -0.2) is 0 Å². The smallest absolute Gasteiger partial charge is 0.0992 e. The van der Waals surface area contributed by atoms with Crippen LogP contribution < -0.4 is 5.32 Å². The van der Waals surface area contributed by atoms with Crippen LogP contribution in [0.15, 0.2) is 39.3 Å². The van der Waals surface area contributed by atoms with Crippen molar-refractivity contribution in [2.45, 2.75) is 13.5 Å². The summed E-state index contributed by atoms with van der Waals surface area (Å²) in [7, 11) is 0. The van der Waals surface area contributed by atoms with Crippen LogP contribution in [0.2, 0.25) is 5.02 Å². The van der Waals surface area contributed by atoms with E-state index in [1.54, 1.807) is 12.1 Å². The van der Waals surface area contributed by atoms with Crippen molar-refractivity contribution in [1.82, 2.24) is 0 Å². The van der Waals surface area contributed by atoms with Crippen LogP contribution in [0, 0.1) is 18.3 Å². The summed E-state index contributed by atoms with van der Waals surface area (Å²) >= 11 is 13.3. The molecule has 0 atom stereocenters. The van der Waals surface area contributed by atoms with Gasteiger partial charge in [0.05, 0.1) is 17.3 Å². The van der Waals surface area contributed by atoms with Gasteiger partial charge in [-0.2, -0.15) is 5.26 Å². The molecule has 0 heterocycles. The normalized spacial score (nSPS) is 10.2. The lowest BCUT2D eigenvalue weighted by atomic mass is 10.1. The molecule has 102 valence electrons. The molecule has 0 radical (unpaired) electrons. The van der Waals surface area contributed by atoms with E-state index in [0.29, 0.717) is 17.1 Å². The standard InChI is InChI=1S/C15H11Br2ClN2/c1-9-4-12(16)15(13(17)5-9)20-8-11-3-2-10(7-19)6-14(11)18/h2-6,20H,8H2,1H3. The lowest BCUT2D eigenvalue weighted by Crippen LogP contribution is -2.02. The van der Waals surface area contributed by atoms with Gasteiger partial charge in [0.1, 0.15) is 0 Å². The maximum Gasteiger partial charge on any atom is 0.0992 e. The van der Waals surface area contributed by atoms with Gasteiger partial charge in [0.25, 0.3) is 0 Å². The first-order valence-corrected chi connectivity index (χ1v) is 7.85. The third-order valence-corrected chi connectivity index (χ3v) is 4.43. The number of hydrogen-bond donors (Lipinski definition) is 1. The third kappa shape index (κ3) is 3.54. The molecule has 0 aliphatic rings. The number of nitrogens with one attached hydrogen (secondary N) is 1. The molecule has 5 heteroatoms. The Hall–Kier alpha value is -1.02. The summed E-state index contributed by atoms with van der Waals surface area (Å²) in [6.07, 6.45) is 0. The molecular weight excluding hydrogens is 403 g/mol. The average Bonchev–Trinajstić information content (AvgIpc) is 2.39. The Morgan fingerprint density at radius 1 is 1.20 bits per heavy atom. The number of benzene rings is 2. The van der Waals surface area contributed by atoms with Crippen molar-refractivity contribution in [2.75, 3.05) is 5.32 Å². The van der Waals surface area contributed by atoms with Gasteiger partial charge < -0.3 is 5.32 Å². The number of hydrogen-bond acceptors (Lipinski definition) is 2. The molecule has 0 bridgehead atoms. The highest BCUT2D eigenvalue weighted by Crippen LogP contribution is 2.33. The van der Waals surface area contributed by atoms with E-state index in [9.17, 15) is 0 Å². The molecule has 0 aliphatic carbocycles. The van der Waals surface area contributed by atoms with Crippen molar-refractivity contribution < 1.29 is 0 Å². The molecule has 2 aromatic rings. The molecule has 2 aromatic carbocycles. The molecule has 1 N–H and O–H groups in total. The highest BCUT2D eigenvalue weighted by molar-refractivity contribution is 9.11. The maximum atomic E-state index is 8.82. The van der Waals surface area contributed by atoms with Gasteiger partial charge in [0, 0.05) is 20.5 Å². The Labute approximate surface area is 140 Å². The number of nitrogens with zero attached hydrogens (tertiary/aromatic N) is 1. The quantitative estimate of drug-likeness (QED) is 0.704. The van der Waals surface area contributed by atoms with Crippen LogP contribution in [0.4, 0.5) is 5.69 Å². The predicted molar refractivity (Wildman–Crippen MR) is 90.1 cm³/mol. The first kappa shape index (κ1) is 15.4. The zero-order chi connectivity index (χ0) is 14.7. The zero-order valence-electron chi connectivity index (χ0n) is 10.7. The average molecular weight is 415 g/mol. The van der Waals surface area contributed by atoms with Gasteiger partial charge >= 0.3 is 0 Å². The van der Waals surface area contributed by atoms with E-state index in [4.69, 9.17) is 16.9 Å². The molecule has 0 saturated carbocycles. The fourth-order valence-corrected chi connectivity index (χ4v) is 3.76. The Morgan fingerprint density at radius 3 is 2.40 bits per heavy atom. The summed E-state index contributed by atoms with van der Waals surface area (Å²) in [5.41, 5.74) is 3.67. The largest absolute Gasteiger partial charge is 0.379 e. The Kier molecular flexibility index (Phi) is 5.09. The fraction of sp³-hybridized carbons (Fsp3) is 0.133. The van der Waals surface area contributed by atoms with E-state index >= 15 is 0 Å². The SMILES string of the molecule is Cc1cc(Br)c(NCc2ccc(C#N)cc2Cl)c(Br)c1. The van der Waals surface area contributed by atoms with Crippen molar-refractivity contribution in [3.8, 4) is 6.07 Å². The van der Waals surface area contributed by atoms with Gasteiger partial charge in [-0.3, -0.25) is 0 Å². The molecular formula is C15H11Br2ClN2. The number of halogens is 3. The minimum Gasteiger partial charge on any atom is -0.379 e. The first-order chi connectivity index (χ1) is 9.51. The van der Waals surface area contributed by atoms with Gasteiger partial charge in [-0.1, -0.05) is 17.7 Å². The van der Waals surface area contributed by atoms with Crippen LogP contribution in [0.1, 0.15) is 16.7 Å². The van der Waals surface area contributed by atoms with Crippen LogP contribution >= 0.6 is 43.5 Å². The molecule has 0 saturated heterocycles. The second kappa shape index (κ2) is 6.62. The number of nitriles is 1. The summed E-state index contributed by atoms with van der Waals surface area (Å²) < 4.78 is 1.99. The number of aryl methyl sites for hydroxylation is 1. The summed E-state index contributed by atoms with van der Waals surface area (Å²) in [6, 6.07) is 11.5. The topological polar surface area (TPSA) is 35.8 Å². The van der Waals surface area contributed by atoms with E-state index in [1.165, 1.54) is 5.56 Å². The van der Waals surface area contributed by atoms with Crippen molar-refractivity contribution >= 4 is 49.1 Å². The van der Waals surface area contributed by atoms with Gasteiger partial charge in [-0.15, -0.1) is 0 Å². The van der Waals surface area contributed by atoms with Crippen molar-refractivity contribution in [2.24, 2.45) is 0 Å². The van der Waals surface area contributed by atoms with E-state index in [0.717, 1.165) is 20.2 Å². The molecule has 0 aliphatic heterocycles. The van der Waals surface area contributed by atoms with Crippen LogP contribution in [0.25, 0.3) is 0 Å². The second-order valence-electron chi connectivity index (χ2n) is 4.38. The summed E-state index contributed by atoms with van der Waals surface area (Å²) in [6.45, 7) is 2.63. The molecule has 2 nitrogen and oxygen atoms in total. The van der Waals surface area contributed by atoms with Crippen LogP contribution in [0.5, 0.6) is 0 Å². The second-order valence-corrected chi connectivity index (χ2v) is 6.49. The van der Waals surface area contributed by atoms with Gasteiger partial charge in [0.2, 0.25) is 0 Å². The van der Waals surface area contributed by atoms with Crippen molar-refractivity contribution in [3.05, 3.63) is 61.0 Å².